The second-order valence-electron chi connectivity index (χ2n) is 4.78. The van der Waals surface area contributed by atoms with Gasteiger partial charge in [0.1, 0.15) is 0 Å². The molecule has 1 aliphatic carbocycles. The smallest absolute Gasteiger partial charge is 0.239 e. The maximum absolute atomic E-state index is 11.4. The summed E-state index contributed by atoms with van der Waals surface area (Å²) in [7, 11) is 0. The SMILES string of the molecule is CC1(CNC(=O)CNC(=O)CN)CCCC1. The predicted molar refractivity (Wildman–Crippen MR) is 61.6 cm³/mol. The quantitative estimate of drug-likeness (QED) is 0.606. The summed E-state index contributed by atoms with van der Waals surface area (Å²) in [5, 5.41) is 5.29. The summed E-state index contributed by atoms with van der Waals surface area (Å²) < 4.78 is 0. The number of amides is 2. The van der Waals surface area contributed by atoms with Crippen molar-refractivity contribution in [1.29, 1.82) is 0 Å². The number of carbonyl (C=O) groups excluding carboxylic acids is 2. The first-order valence-corrected chi connectivity index (χ1v) is 5.79. The van der Waals surface area contributed by atoms with Crippen molar-refractivity contribution in [3.63, 3.8) is 0 Å². The third kappa shape index (κ3) is 4.18. The molecule has 0 spiro atoms. The highest BCUT2D eigenvalue weighted by atomic mass is 16.2. The van der Waals surface area contributed by atoms with Crippen LogP contribution in [0.25, 0.3) is 0 Å². The Hall–Kier alpha value is -1.10. The van der Waals surface area contributed by atoms with Crippen molar-refractivity contribution in [3.8, 4) is 0 Å². The molecule has 0 unspecified atom stereocenters. The molecule has 5 heteroatoms. The number of hydrogen-bond acceptors (Lipinski definition) is 3. The van der Waals surface area contributed by atoms with Gasteiger partial charge in [0, 0.05) is 6.54 Å². The van der Waals surface area contributed by atoms with E-state index in [-0.39, 0.29) is 30.3 Å². The van der Waals surface area contributed by atoms with Crippen LogP contribution in [0, 0.1) is 5.41 Å². The summed E-state index contributed by atoms with van der Waals surface area (Å²) >= 11 is 0. The maximum atomic E-state index is 11.4. The monoisotopic (exact) mass is 227 g/mol. The van der Waals surface area contributed by atoms with E-state index in [9.17, 15) is 9.59 Å². The van der Waals surface area contributed by atoms with Crippen LogP contribution in [0.3, 0.4) is 0 Å². The van der Waals surface area contributed by atoms with E-state index >= 15 is 0 Å². The highest BCUT2D eigenvalue weighted by Crippen LogP contribution is 2.36. The Morgan fingerprint density at radius 2 is 1.81 bits per heavy atom. The van der Waals surface area contributed by atoms with Crippen molar-refractivity contribution in [3.05, 3.63) is 0 Å². The van der Waals surface area contributed by atoms with Crippen LogP contribution in [0.1, 0.15) is 32.6 Å². The van der Waals surface area contributed by atoms with E-state index in [1.807, 2.05) is 0 Å². The van der Waals surface area contributed by atoms with Crippen LogP contribution in [0.15, 0.2) is 0 Å². The summed E-state index contributed by atoms with van der Waals surface area (Å²) in [4.78, 5) is 22.2. The zero-order chi connectivity index (χ0) is 12.0. The van der Waals surface area contributed by atoms with Crippen LogP contribution in [0.4, 0.5) is 0 Å². The van der Waals surface area contributed by atoms with Crippen LogP contribution in [0.5, 0.6) is 0 Å². The molecule has 1 fully saturated rings. The van der Waals surface area contributed by atoms with E-state index in [1.165, 1.54) is 25.7 Å². The van der Waals surface area contributed by atoms with Crippen LogP contribution in [0.2, 0.25) is 0 Å². The largest absolute Gasteiger partial charge is 0.354 e. The molecule has 0 saturated heterocycles. The molecule has 4 N–H and O–H groups in total. The first-order valence-electron chi connectivity index (χ1n) is 5.79. The lowest BCUT2D eigenvalue weighted by Gasteiger charge is -2.23. The molecule has 1 rings (SSSR count). The van der Waals surface area contributed by atoms with Crippen molar-refractivity contribution in [1.82, 2.24) is 10.6 Å². The summed E-state index contributed by atoms with van der Waals surface area (Å²) in [5.41, 5.74) is 5.35. The Labute approximate surface area is 96.1 Å². The van der Waals surface area contributed by atoms with Gasteiger partial charge in [0.15, 0.2) is 0 Å². The molecule has 0 aliphatic heterocycles. The Kier molecular flexibility index (Phi) is 4.73. The second-order valence-corrected chi connectivity index (χ2v) is 4.78. The summed E-state index contributed by atoms with van der Waals surface area (Å²) in [6.45, 7) is 2.83. The fourth-order valence-corrected chi connectivity index (χ4v) is 2.03. The molecule has 0 aromatic carbocycles. The first kappa shape index (κ1) is 13.0. The van der Waals surface area contributed by atoms with Crippen LogP contribution in [-0.2, 0) is 9.59 Å². The molecule has 2 amide bonds. The normalized spacial score (nSPS) is 18.1. The average Bonchev–Trinajstić information content (AvgIpc) is 2.71. The molecule has 0 heterocycles. The Balaban J connectivity index is 2.17. The topological polar surface area (TPSA) is 84.2 Å². The Bertz CT molecular complexity index is 260. The van der Waals surface area contributed by atoms with E-state index < -0.39 is 0 Å². The predicted octanol–water partition coefficient (Wildman–Crippen LogP) is -0.242. The molecule has 5 nitrogen and oxygen atoms in total. The van der Waals surface area contributed by atoms with Gasteiger partial charge in [0.25, 0.3) is 0 Å². The van der Waals surface area contributed by atoms with Gasteiger partial charge < -0.3 is 16.4 Å². The van der Waals surface area contributed by atoms with Gasteiger partial charge in [-0.25, -0.2) is 0 Å². The Morgan fingerprint density at radius 3 is 2.38 bits per heavy atom. The molecule has 0 aromatic rings. The molecular formula is C11H21N3O2. The molecule has 92 valence electrons. The standard InChI is InChI=1S/C11H21N3O2/c1-11(4-2-3-5-11)8-14-10(16)7-13-9(15)6-12/h2-8,12H2,1H3,(H,13,15)(H,14,16). The highest BCUT2D eigenvalue weighted by Gasteiger charge is 2.28. The van der Waals surface area contributed by atoms with Crippen molar-refractivity contribution >= 4 is 11.8 Å². The van der Waals surface area contributed by atoms with Crippen molar-refractivity contribution in [2.75, 3.05) is 19.6 Å². The number of carbonyl (C=O) groups is 2. The number of nitrogens with one attached hydrogen (secondary N) is 2. The molecule has 1 aliphatic rings. The summed E-state index contributed by atoms with van der Waals surface area (Å²) in [5.74, 6) is -0.447. The van der Waals surface area contributed by atoms with E-state index in [0.29, 0.717) is 6.54 Å². The van der Waals surface area contributed by atoms with Gasteiger partial charge in [-0.05, 0) is 18.3 Å². The summed E-state index contributed by atoms with van der Waals surface area (Å²) in [6, 6.07) is 0. The van der Waals surface area contributed by atoms with E-state index in [0.717, 1.165) is 0 Å². The third-order valence-electron chi connectivity index (χ3n) is 3.15. The van der Waals surface area contributed by atoms with Crippen molar-refractivity contribution in [2.24, 2.45) is 11.1 Å². The van der Waals surface area contributed by atoms with E-state index in [2.05, 4.69) is 17.6 Å². The minimum atomic E-state index is -0.303. The molecule has 0 aromatic heterocycles. The third-order valence-corrected chi connectivity index (χ3v) is 3.15. The van der Waals surface area contributed by atoms with Gasteiger partial charge in [-0.1, -0.05) is 19.8 Å². The van der Waals surface area contributed by atoms with Crippen molar-refractivity contribution in [2.45, 2.75) is 32.6 Å². The van der Waals surface area contributed by atoms with Crippen LogP contribution in [-0.4, -0.2) is 31.4 Å². The minimum Gasteiger partial charge on any atom is -0.354 e. The molecular weight excluding hydrogens is 206 g/mol. The number of nitrogens with two attached hydrogens (primary N) is 1. The fourth-order valence-electron chi connectivity index (χ4n) is 2.03. The fraction of sp³-hybridized carbons (Fsp3) is 0.818. The van der Waals surface area contributed by atoms with Crippen LogP contribution < -0.4 is 16.4 Å². The van der Waals surface area contributed by atoms with Crippen LogP contribution >= 0.6 is 0 Å². The molecule has 0 bridgehead atoms. The van der Waals surface area contributed by atoms with Gasteiger partial charge in [0.05, 0.1) is 13.1 Å². The molecule has 0 atom stereocenters. The van der Waals surface area contributed by atoms with Gasteiger partial charge in [-0.3, -0.25) is 9.59 Å². The lowest BCUT2D eigenvalue weighted by Crippen LogP contribution is -2.42. The maximum Gasteiger partial charge on any atom is 0.239 e. The molecule has 0 radical (unpaired) electrons. The van der Waals surface area contributed by atoms with E-state index in [4.69, 9.17) is 5.73 Å². The van der Waals surface area contributed by atoms with Gasteiger partial charge >= 0.3 is 0 Å². The van der Waals surface area contributed by atoms with Crippen molar-refractivity contribution < 1.29 is 9.59 Å². The minimum absolute atomic E-state index is 0.0200. The highest BCUT2D eigenvalue weighted by molar-refractivity contribution is 5.85. The van der Waals surface area contributed by atoms with Gasteiger partial charge in [-0.2, -0.15) is 0 Å². The first-order chi connectivity index (χ1) is 7.56. The zero-order valence-corrected chi connectivity index (χ0v) is 9.84. The van der Waals surface area contributed by atoms with E-state index in [1.54, 1.807) is 0 Å². The number of rotatable bonds is 5. The second kappa shape index (κ2) is 5.84. The lowest BCUT2D eigenvalue weighted by molar-refractivity contribution is -0.125. The number of hydrogen-bond donors (Lipinski definition) is 3. The van der Waals surface area contributed by atoms with Gasteiger partial charge in [0.2, 0.25) is 11.8 Å². The Morgan fingerprint density at radius 1 is 1.19 bits per heavy atom. The summed E-state index contributed by atoms with van der Waals surface area (Å²) in [6.07, 6.45) is 4.83. The zero-order valence-electron chi connectivity index (χ0n) is 9.84. The molecule has 16 heavy (non-hydrogen) atoms. The molecule has 1 saturated carbocycles. The van der Waals surface area contributed by atoms with Gasteiger partial charge in [-0.15, -0.1) is 0 Å². The lowest BCUT2D eigenvalue weighted by atomic mass is 9.89. The average molecular weight is 227 g/mol.